The van der Waals surface area contributed by atoms with Gasteiger partial charge < -0.3 is 5.32 Å². The Morgan fingerprint density at radius 1 is 1.00 bits per heavy atom. The quantitative estimate of drug-likeness (QED) is 0.874. The van der Waals surface area contributed by atoms with Crippen molar-refractivity contribution in [2.75, 3.05) is 5.32 Å². The number of benzene rings is 2. The van der Waals surface area contributed by atoms with Crippen LogP contribution in [0.2, 0.25) is 0 Å². The molecule has 3 heteroatoms. The van der Waals surface area contributed by atoms with Crippen LogP contribution < -0.4 is 5.32 Å². The zero-order valence-corrected chi connectivity index (χ0v) is 11.9. The summed E-state index contributed by atoms with van der Waals surface area (Å²) in [6.45, 7) is 3.99. The number of anilines is 2. The number of rotatable bonds is 2. The van der Waals surface area contributed by atoms with Crippen molar-refractivity contribution in [3.8, 4) is 6.07 Å². The van der Waals surface area contributed by atoms with Crippen LogP contribution in [0.1, 0.15) is 16.7 Å². The predicted octanol–water partition coefficient (Wildman–Crippen LogP) is 4.68. The van der Waals surface area contributed by atoms with Crippen molar-refractivity contribution < 1.29 is 0 Å². The van der Waals surface area contributed by atoms with Crippen molar-refractivity contribution in [3.05, 3.63) is 57.6 Å². The molecule has 0 saturated carbocycles. The van der Waals surface area contributed by atoms with E-state index in [0.717, 1.165) is 21.4 Å². The van der Waals surface area contributed by atoms with E-state index < -0.39 is 0 Å². The van der Waals surface area contributed by atoms with Crippen molar-refractivity contribution in [2.45, 2.75) is 13.8 Å². The molecule has 2 nitrogen and oxygen atoms in total. The minimum atomic E-state index is 0.714. The standard InChI is InChI=1S/C15H13BrN2/c1-10-3-5-14(8-15(10)16)18-13-6-4-12(9-17)11(2)7-13/h3-8,18H,1-2H3. The first-order valence-corrected chi connectivity index (χ1v) is 6.43. The van der Waals surface area contributed by atoms with Crippen LogP contribution in [0.5, 0.6) is 0 Å². The van der Waals surface area contributed by atoms with Crippen molar-refractivity contribution >= 4 is 27.3 Å². The van der Waals surface area contributed by atoms with E-state index in [1.165, 1.54) is 5.56 Å². The molecule has 0 aliphatic carbocycles. The normalized spacial score (nSPS) is 9.89. The highest BCUT2D eigenvalue weighted by Gasteiger charge is 2.01. The topological polar surface area (TPSA) is 35.8 Å². The third kappa shape index (κ3) is 2.72. The van der Waals surface area contributed by atoms with E-state index in [0.29, 0.717) is 5.56 Å². The number of hydrogen-bond donors (Lipinski definition) is 1. The molecular formula is C15H13BrN2. The van der Waals surface area contributed by atoms with Crippen LogP contribution in [0, 0.1) is 25.2 Å². The smallest absolute Gasteiger partial charge is 0.0994 e. The Labute approximate surface area is 115 Å². The maximum Gasteiger partial charge on any atom is 0.0994 e. The molecule has 0 bridgehead atoms. The summed E-state index contributed by atoms with van der Waals surface area (Å²) in [5.74, 6) is 0. The van der Waals surface area contributed by atoms with Gasteiger partial charge in [0.05, 0.1) is 11.6 Å². The molecule has 18 heavy (non-hydrogen) atoms. The molecule has 0 aliphatic heterocycles. The minimum Gasteiger partial charge on any atom is -0.355 e. The highest BCUT2D eigenvalue weighted by Crippen LogP contribution is 2.24. The van der Waals surface area contributed by atoms with Crippen LogP contribution in [0.4, 0.5) is 11.4 Å². The fourth-order valence-corrected chi connectivity index (χ4v) is 2.08. The van der Waals surface area contributed by atoms with E-state index in [2.05, 4.69) is 40.3 Å². The molecule has 0 spiro atoms. The van der Waals surface area contributed by atoms with Gasteiger partial charge in [-0.2, -0.15) is 5.26 Å². The van der Waals surface area contributed by atoms with E-state index in [4.69, 9.17) is 5.26 Å². The Kier molecular flexibility index (Phi) is 3.69. The lowest BCUT2D eigenvalue weighted by atomic mass is 10.1. The Balaban J connectivity index is 2.26. The van der Waals surface area contributed by atoms with Crippen LogP contribution in [0.3, 0.4) is 0 Å². The van der Waals surface area contributed by atoms with E-state index >= 15 is 0 Å². The molecular weight excluding hydrogens is 288 g/mol. The zero-order valence-electron chi connectivity index (χ0n) is 10.3. The molecule has 2 aromatic rings. The first-order valence-electron chi connectivity index (χ1n) is 5.64. The molecule has 0 heterocycles. The van der Waals surface area contributed by atoms with Crippen molar-refractivity contribution in [3.63, 3.8) is 0 Å². The van der Waals surface area contributed by atoms with Gasteiger partial charge in [-0.1, -0.05) is 22.0 Å². The van der Waals surface area contributed by atoms with E-state index in [-0.39, 0.29) is 0 Å². The van der Waals surface area contributed by atoms with Gasteiger partial charge in [-0.25, -0.2) is 0 Å². The lowest BCUT2D eigenvalue weighted by Crippen LogP contribution is -1.92. The fraction of sp³-hybridized carbons (Fsp3) is 0.133. The molecule has 1 N–H and O–H groups in total. The maximum absolute atomic E-state index is 8.89. The molecule has 90 valence electrons. The molecule has 0 fully saturated rings. The number of nitriles is 1. The highest BCUT2D eigenvalue weighted by molar-refractivity contribution is 9.10. The molecule has 0 atom stereocenters. The molecule has 2 aromatic carbocycles. The average Bonchev–Trinajstić information content (AvgIpc) is 2.34. The van der Waals surface area contributed by atoms with Gasteiger partial charge >= 0.3 is 0 Å². The third-order valence-corrected chi connectivity index (χ3v) is 3.66. The second kappa shape index (κ2) is 5.24. The summed E-state index contributed by atoms with van der Waals surface area (Å²) in [5.41, 5.74) is 4.91. The van der Waals surface area contributed by atoms with E-state index in [9.17, 15) is 0 Å². The summed E-state index contributed by atoms with van der Waals surface area (Å²) < 4.78 is 1.08. The predicted molar refractivity (Wildman–Crippen MR) is 78.1 cm³/mol. The number of halogens is 1. The van der Waals surface area contributed by atoms with Crippen molar-refractivity contribution in [1.82, 2.24) is 0 Å². The fourth-order valence-electron chi connectivity index (χ4n) is 1.70. The van der Waals surface area contributed by atoms with E-state index in [1.807, 2.05) is 37.3 Å². The summed E-state index contributed by atoms with van der Waals surface area (Å²) >= 11 is 3.51. The Bertz CT molecular complexity index is 627. The van der Waals surface area contributed by atoms with Crippen molar-refractivity contribution in [2.24, 2.45) is 0 Å². The van der Waals surface area contributed by atoms with Crippen LogP contribution in [0.15, 0.2) is 40.9 Å². The van der Waals surface area contributed by atoms with Crippen LogP contribution >= 0.6 is 15.9 Å². The van der Waals surface area contributed by atoms with Gasteiger partial charge in [0.25, 0.3) is 0 Å². The molecule has 0 saturated heterocycles. The molecule has 0 aliphatic rings. The monoisotopic (exact) mass is 300 g/mol. The number of aryl methyl sites for hydroxylation is 2. The SMILES string of the molecule is Cc1ccc(Nc2ccc(C#N)c(C)c2)cc1Br. The first kappa shape index (κ1) is 12.7. The van der Waals surface area contributed by atoms with Gasteiger partial charge in [0, 0.05) is 15.8 Å². The lowest BCUT2D eigenvalue weighted by Gasteiger charge is -2.09. The average molecular weight is 301 g/mol. The van der Waals surface area contributed by atoms with Gasteiger partial charge in [0.1, 0.15) is 0 Å². The van der Waals surface area contributed by atoms with Gasteiger partial charge in [-0.05, 0) is 55.3 Å². The summed E-state index contributed by atoms with van der Waals surface area (Å²) in [4.78, 5) is 0. The molecule has 2 rings (SSSR count). The summed E-state index contributed by atoms with van der Waals surface area (Å²) in [7, 11) is 0. The zero-order chi connectivity index (χ0) is 13.1. The van der Waals surface area contributed by atoms with Crippen molar-refractivity contribution in [1.29, 1.82) is 5.26 Å². The van der Waals surface area contributed by atoms with E-state index in [1.54, 1.807) is 0 Å². The summed E-state index contributed by atoms with van der Waals surface area (Å²) in [6.07, 6.45) is 0. The van der Waals surface area contributed by atoms with Gasteiger partial charge in [-0.3, -0.25) is 0 Å². The second-order valence-corrected chi connectivity index (χ2v) is 5.08. The molecule has 0 unspecified atom stereocenters. The largest absolute Gasteiger partial charge is 0.355 e. The van der Waals surface area contributed by atoms with Gasteiger partial charge in [0.15, 0.2) is 0 Å². The Morgan fingerprint density at radius 2 is 1.67 bits per heavy atom. The van der Waals surface area contributed by atoms with Gasteiger partial charge in [0.2, 0.25) is 0 Å². The Morgan fingerprint density at radius 3 is 2.28 bits per heavy atom. The number of nitrogens with zero attached hydrogens (tertiary/aromatic N) is 1. The molecule has 0 radical (unpaired) electrons. The summed E-state index contributed by atoms with van der Waals surface area (Å²) in [6, 6.07) is 14.0. The maximum atomic E-state index is 8.89. The first-order chi connectivity index (χ1) is 8.60. The molecule has 0 aromatic heterocycles. The molecule has 0 amide bonds. The highest BCUT2D eigenvalue weighted by atomic mass is 79.9. The third-order valence-electron chi connectivity index (χ3n) is 2.81. The second-order valence-electron chi connectivity index (χ2n) is 4.23. The summed E-state index contributed by atoms with van der Waals surface area (Å²) in [5, 5.41) is 12.2. The van der Waals surface area contributed by atoms with Gasteiger partial charge in [-0.15, -0.1) is 0 Å². The minimum absolute atomic E-state index is 0.714. The van der Waals surface area contributed by atoms with Crippen LogP contribution in [-0.2, 0) is 0 Å². The van der Waals surface area contributed by atoms with Crippen LogP contribution in [0.25, 0.3) is 0 Å². The lowest BCUT2D eigenvalue weighted by molar-refractivity contribution is 1.38. The Hall–Kier alpha value is -1.79. The number of hydrogen-bond acceptors (Lipinski definition) is 2. The van der Waals surface area contributed by atoms with Crippen LogP contribution in [-0.4, -0.2) is 0 Å². The number of nitrogens with one attached hydrogen (secondary N) is 1.